The molecule has 0 aliphatic carbocycles. The first-order chi connectivity index (χ1) is 16.6. The fraction of sp³-hybridized carbons (Fsp3) is 0.174. The fourth-order valence-corrected chi connectivity index (χ4v) is 3.21. The van der Waals surface area contributed by atoms with Crippen LogP contribution in [-0.2, 0) is 6.54 Å². The summed E-state index contributed by atoms with van der Waals surface area (Å²) >= 11 is 0. The summed E-state index contributed by atoms with van der Waals surface area (Å²) in [7, 11) is 1.58. The number of non-ortho nitro benzene ring substituents is 1. The van der Waals surface area contributed by atoms with E-state index in [-0.39, 0.29) is 11.7 Å². The van der Waals surface area contributed by atoms with Crippen LogP contribution in [0.4, 0.5) is 11.4 Å². The molecule has 0 fully saturated rings. The van der Waals surface area contributed by atoms with Crippen molar-refractivity contribution in [2.45, 2.75) is 6.54 Å². The third-order valence-corrected chi connectivity index (χ3v) is 4.91. The van der Waals surface area contributed by atoms with Crippen molar-refractivity contribution < 1.29 is 14.4 Å². The minimum Gasteiger partial charge on any atom is -0.493 e. The van der Waals surface area contributed by atoms with Crippen LogP contribution in [0.15, 0.2) is 72.8 Å². The standard InChI is InChI=1S/C23H23N7O4/c1-33-22-15-17(16-24-13-14-25-18-8-10-20(11-9-18)30(31)32)7-12-21(22)34-23-26-27-28-29(23)19-5-3-2-4-6-19/h2-12,15,24-25H,13-14,16H2,1H3. The topological polar surface area (TPSA) is 129 Å². The van der Waals surface area contributed by atoms with Gasteiger partial charge in [-0.05, 0) is 52.4 Å². The Kier molecular flexibility index (Phi) is 7.25. The Bertz CT molecular complexity index is 1230. The van der Waals surface area contributed by atoms with Gasteiger partial charge in [0.15, 0.2) is 11.5 Å². The van der Waals surface area contributed by atoms with E-state index in [0.29, 0.717) is 31.1 Å². The number of ether oxygens (including phenoxy) is 2. The molecule has 4 rings (SSSR count). The predicted octanol–water partition coefficient (Wildman–Crippen LogP) is 3.57. The summed E-state index contributed by atoms with van der Waals surface area (Å²) in [6.07, 6.45) is 0. The number of tetrazole rings is 1. The number of hydrogen-bond acceptors (Lipinski definition) is 9. The molecule has 0 atom stereocenters. The Balaban J connectivity index is 1.30. The molecule has 2 N–H and O–H groups in total. The molecule has 0 bridgehead atoms. The highest BCUT2D eigenvalue weighted by molar-refractivity contribution is 5.48. The Labute approximate surface area is 195 Å². The summed E-state index contributed by atoms with van der Waals surface area (Å²) in [4.78, 5) is 10.3. The highest BCUT2D eigenvalue weighted by atomic mass is 16.6. The molecule has 0 saturated heterocycles. The Hall–Kier alpha value is -4.51. The number of methoxy groups -OCH3 is 1. The van der Waals surface area contributed by atoms with Crippen molar-refractivity contribution in [3.63, 3.8) is 0 Å². The lowest BCUT2D eigenvalue weighted by Gasteiger charge is -2.12. The van der Waals surface area contributed by atoms with Gasteiger partial charge < -0.3 is 20.1 Å². The van der Waals surface area contributed by atoms with Gasteiger partial charge in [0.05, 0.1) is 17.7 Å². The molecule has 34 heavy (non-hydrogen) atoms. The second-order valence-corrected chi connectivity index (χ2v) is 7.20. The number of benzene rings is 3. The number of nitro groups is 1. The number of aromatic nitrogens is 4. The zero-order valence-corrected chi connectivity index (χ0v) is 18.4. The van der Waals surface area contributed by atoms with Gasteiger partial charge in [-0.2, -0.15) is 4.68 Å². The molecule has 0 radical (unpaired) electrons. The zero-order valence-electron chi connectivity index (χ0n) is 18.4. The molecule has 3 aromatic carbocycles. The van der Waals surface area contributed by atoms with E-state index in [1.807, 2.05) is 48.5 Å². The van der Waals surface area contributed by atoms with Gasteiger partial charge in [-0.3, -0.25) is 10.1 Å². The highest BCUT2D eigenvalue weighted by Crippen LogP contribution is 2.32. The number of nitrogens with zero attached hydrogens (tertiary/aromatic N) is 5. The van der Waals surface area contributed by atoms with E-state index in [1.165, 1.54) is 16.8 Å². The monoisotopic (exact) mass is 461 g/mol. The van der Waals surface area contributed by atoms with E-state index < -0.39 is 4.92 Å². The highest BCUT2D eigenvalue weighted by Gasteiger charge is 2.14. The first kappa shape index (κ1) is 22.7. The summed E-state index contributed by atoms with van der Waals surface area (Å²) in [6, 6.07) is 21.7. The number of anilines is 1. The minimum absolute atomic E-state index is 0.0709. The quantitative estimate of drug-likeness (QED) is 0.196. The number of nitro benzene ring substituents is 1. The molecule has 11 nitrogen and oxygen atoms in total. The van der Waals surface area contributed by atoms with Crippen molar-refractivity contribution in [3.8, 4) is 23.2 Å². The molecule has 0 aliphatic heterocycles. The molecule has 174 valence electrons. The van der Waals surface area contributed by atoms with Crippen molar-refractivity contribution in [3.05, 3.63) is 88.5 Å². The summed E-state index contributed by atoms with van der Waals surface area (Å²) in [5.41, 5.74) is 2.70. The van der Waals surface area contributed by atoms with Crippen molar-refractivity contribution >= 4 is 11.4 Å². The largest absolute Gasteiger partial charge is 0.493 e. The molecule has 0 amide bonds. The third-order valence-electron chi connectivity index (χ3n) is 4.91. The zero-order chi connectivity index (χ0) is 23.8. The smallest absolute Gasteiger partial charge is 0.346 e. The van der Waals surface area contributed by atoms with Crippen LogP contribution in [0.5, 0.6) is 17.5 Å². The first-order valence-corrected chi connectivity index (χ1v) is 10.5. The average Bonchev–Trinajstić information content (AvgIpc) is 3.33. The Morgan fingerprint density at radius 2 is 1.79 bits per heavy atom. The molecule has 0 unspecified atom stereocenters. The average molecular weight is 461 g/mol. The van der Waals surface area contributed by atoms with Gasteiger partial charge in [-0.1, -0.05) is 29.4 Å². The summed E-state index contributed by atoms with van der Waals surface area (Å²) in [6.45, 7) is 1.99. The van der Waals surface area contributed by atoms with E-state index in [1.54, 1.807) is 19.2 Å². The molecule has 11 heteroatoms. The Morgan fingerprint density at radius 3 is 2.53 bits per heavy atom. The molecule has 1 heterocycles. The number of nitrogens with one attached hydrogen (secondary N) is 2. The molecular formula is C23H23N7O4. The van der Waals surface area contributed by atoms with Gasteiger partial charge in [-0.15, -0.1) is 0 Å². The second kappa shape index (κ2) is 10.9. The van der Waals surface area contributed by atoms with Gasteiger partial charge in [-0.25, -0.2) is 0 Å². The van der Waals surface area contributed by atoms with E-state index >= 15 is 0 Å². The maximum atomic E-state index is 10.7. The summed E-state index contributed by atoms with van der Waals surface area (Å²) in [5.74, 6) is 1.06. The van der Waals surface area contributed by atoms with E-state index in [2.05, 4.69) is 26.2 Å². The van der Waals surface area contributed by atoms with Gasteiger partial charge in [0.2, 0.25) is 0 Å². The molecule has 0 aliphatic rings. The first-order valence-electron chi connectivity index (χ1n) is 10.5. The van der Waals surface area contributed by atoms with Crippen LogP contribution in [0, 0.1) is 10.1 Å². The maximum Gasteiger partial charge on any atom is 0.346 e. The lowest BCUT2D eigenvalue weighted by Crippen LogP contribution is -2.21. The summed E-state index contributed by atoms with van der Waals surface area (Å²) < 4.78 is 12.9. The molecule has 0 spiro atoms. The summed E-state index contributed by atoms with van der Waals surface area (Å²) in [5, 5.41) is 28.9. The van der Waals surface area contributed by atoms with Gasteiger partial charge in [0.1, 0.15) is 0 Å². The molecular weight excluding hydrogens is 438 g/mol. The van der Waals surface area contributed by atoms with Crippen LogP contribution in [0.2, 0.25) is 0 Å². The van der Waals surface area contributed by atoms with Crippen LogP contribution >= 0.6 is 0 Å². The lowest BCUT2D eigenvalue weighted by molar-refractivity contribution is -0.384. The van der Waals surface area contributed by atoms with Crippen molar-refractivity contribution in [2.75, 3.05) is 25.5 Å². The maximum absolute atomic E-state index is 10.7. The van der Waals surface area contributed by atoms with Gasteiger partial charge >= 0.3 is 6.01 Å². The molecule has 1 aromatic heterocycles. The van der Waals surface area contributed by atoms with Crippen molar-refractivity contribution in [1.82, 2.24) is 25.5 Å². The molecule has 0 saturated carbocycles. The number of para-hydroxylation sites is 1. The van der Waals surface area contributed by atoms with Crippen molar-refractivity contribution in [1.29, 1.82) is 0 Å². The SMILES string of the molecule is COc1cc(CNCCNc2ccc([N+](=O)[O-])cc2)ccc1Oc1nnnn1-c1ccccc1. The van der Waals surface area contributed by atoms with Crippen LogP contribution in [0.25, 0.3) is 5.69 Å². The fourth-order valence-electron chi connectivity index (χ4n) is 3.21. The van der Waals surface area contributed by atoms with Crippen LogP contribution < -0.4 is 20.1 Å². The van der Waals surface area contributed by atoms with Crippen LogP contribution in [0.3, 0.4) is 0 Å². The van der Waals surface area contributed by atoms with E-state index in [0.717, 1.165) is 16.9 Å². The van der Waals surface area contributed by atoms with Crippen molar-refractivity contribution in [2.24, 2.45) is 0 Å². The predicted molar refractivity (Wildman–Crippen MR) is 126 cm³/mol. The lowest BCUT2D eigenvalue weighted by atomic mass is 10.2. The van der Waals surface area contributed by atoms with Gasteiger partial charge in [0.25, 0.3) is 5.69 Å². The number of hydrogen-bond donors (Lipinski definition) is 2. The van der Waals surface area contributed by atoms with E-state index in [9.17, 15) is 10.1 Å². The van der Waals surface area contributed by atoms with E-state index in [4.69, 9.17) is 9.47 Å². The van der Waals surface area contributed by atoms with Crippen LogP contribution in [-0.4, -0.2) is 45.3 Å². The molecule has 4 aromatic rings. The van der Waals surface area contributed by atoms with Crippen LogP contribution in [0.1, 0.15) is 5.56 Å². The minimum atomic E-state index is -0.416. The second-order valence-electron chi connectivity index (χ2n) is 7.20. The third kappa shape index (κ3) is 5.64. The van der Waals surface area contributed by atoms with Gasteiger partial charge in [0, 0.05) is 37.5 Å². The number of rotatable bonds is 11. The Morgan fingerprint density at radius 1 is 1.00 bits per heavy atom. The normalized spacial score (nSPS) is 10.6.